The summed E-state index contributed by atoms with van der Waals surface area (Å²) in [5, 5.41) is 17.3. The van der Waals surface area contributed by atoms with Crippen LogP contribution in [-0.4, -0.2) is 36.9 Å². The molecular formula is C23H31N3O3. The number of ether oxygens (including phenoxy) is 2. The second kappa shape index (κ2) is 9.18. The summed E-state index contributed by atoms with van der Waals surface area (Å²) < 4.78 is 11.3. The van der Waals surface area contributed by atoms with Gasteiger partial charge in [-0.15, -0.1) is 0 Å². The van der Waals surface area contributed by atoms with Crippen LogP contribution in [0.15, 0.2) is 53.5 Å². The predicted octanol–water partition coefficient (Wildman–Crippen LogP) is 3.59. The molecule has 0 amide bonds. The molecule has 0 aliphatic carbocycles. The van der Waals surface area contributed by atoms with Gasteiger partial charge in [0.2, 0.25) is 0 Å². The van der Waals surface area contributed by atoms with Crippen LogP contribution in [0.1, 0.15) is 50.5 Å². The van der Waals surface area contributed by atoms with Gasteiger partial charge >= 0.3 is 0 Å². The fourth-order valence-electron chi connectivity index (χ4n) is 3.53. The molecule has 0 bridgehead atoms. The van der Waals surface area contributed by atoms with Crippen molar-refractivity contribution in [3.8, 4) is 11.5 Å². The number of aliphatic hydroxyl groups excluding tert-OH is 1. The summed E-state index contributed by atoms with van der Waals surface area (Å²) in [5.41, 5.74) is 1.66. The van der Waals surface area contributed by atoms with E-state index in [9.17, 15) is 5.11 Å². The van der Waals surface area contributed by atoms with Crippen molar-refractivity contribution in [1.29, 1.82) is 0 Å². The Bertz CT molecular complexity index is 834. The van der Waals surface area contributed by atoms with E-state index in [2.05, 4.69) is 35.5 Å². The molecule has 156 valence electrons. The summed E-state index contributed by atoms with van der Waals surface area (Å²) >= 11 is 0. The number of hydrogen-bond donors (Lipinski definition) is 3. The Morgan fingerprint density at radius 2 is 1.97 bits per heavy atom. The van der Waals surface area contributed by atoms with Crippen LogP contribution >= 0.6 is 0 Å². The molecular weight excluding hydrogens is 366 g/mol. The summed E-state index contributed by atoms with van der Waals surface area (Å²) in [7, 11) is 1.62. The van der Waals surface area contributed by atoms with Gasteiger partial charge in [-0.2, -0.15) is 0 Å². The zero-order valence-electron chi connectivity index (χ0n) is 17.6. The van der Waals surface area contributed by atoms with E-state index >= 15 is 0 Å². The third-order valence-electron chi connectivity index (χ3n) is 4.95. The highest BCUT2D eigenvalue weighted by molar-refractivity contribution is 5.80. The lowest BCUT2D eigenvalue weighted by molar-refractivity contribution is 0.0693. The van der Waals surface area contributed by atoms with Crippen molar-refractivity contribution in [2.24, 2.45) is 4.99 Å². The predicted molar refractivity (Wildman–Crippen MR) is 116 cm³/mol. The highest BCUT2D eigenvalue weighted by atomic mass is 16.5. The van der Waals surface area contributed by atoms with Gasteiger partial charge in [-0.25, -0.2) is 0 Å². The van der Waals surface area contributed by atoms with E-state index in [1.54, 1.807) is 7.11 Å². The number of aliphatic imine (C=N–C) groups is 1. The smallest absolute Gasteiger partial charge is 0.191 e. The quantitative estimate of drug-likeness (QED) is 0.513. The van der Waals surface area contributed by atoms with Crippen LogP contribution in [0.2, 0.25) is 0 Å². The molecule has 2 atom stereocenters. The highest BCUT2D eigenvalue weighted by Crippen LogP contribution is 2.39. The molecule has 1 aliphatic heterocycles. The fourth-order valence-corrected chi connectivity index (χ4v) is 3.53. The monoisotopic (exact) mass is 397 g/mol. The van der Waals surface area contributed by atoms with Crippen molar-refractivity contribution in [2.45, 2.75) is 44.9 Å². The molecule has 0 fully saturated rings. The Balaban J connectivity index is 1.73. The van der Waals surface area contributed by atoms with E-state index < -0.39 is 6.10 Å². The standard InChI is InChI=1S/C23H31N3O3/c1-5-24-22(25-15-20(27)16-10-12-17(28-4)13-11-16)26-19-14-23(2,3)29-21-9-7-6-8-18(19)21/h6-13,19-20,27H,5,14-15H2,1-4H3,(H2,24,25,26). The molecule has 3 rings (SSSR count). The van der Waals surface area contributed by atoms with Crippen LogP contribution < -0.4 is 20.1 Å². The maximum absolute atomic E-state index is 10.5. The van der Waals surface area contributed by atoms with Crippen molar-refractivity contribution in [3.63, 3.8) is 0 Å². The van der Waals surface area contributed by atoms with Crippen LogP contribution in [0.3, 0.4) is 0 Å². The molecule has 6 nitrogen and oxygen atoms in total. The maximum Gasteiger partial charge on any atom is 0.191 e. The fraction of sp³-hybridized carbons (Fsp3) is 0.435. The number of nitrogens with one attached hydrogen (secondary N) is 2. The van der Waals surface area contributed by atoms with Crippen LogP contribution in [0, 0.1) is 0 Å². The Morgan fingerprint density at radius 3 is 2.66 bits per heavy atom. The largest absolute Gasteiger partial charge is 0.497 e. The van der Waals surface area contributed by atoms with Gasteiger partial charge in [0.25, 0.3) is 0 Å². The van der Waals surface area contributed by atoms with E-state index in [1.807, 2.05) is 49.4 Å². The molecule has 2 unspecified atom stereocenters. The second-order valence-corrected chi connectivity index (χ2v) is 7.81. The van der Waals surface area contributed by atoms with Crippen molar-refractivity contribution < 1.29 is 14.6 Å². The zero-order valence-corrected chi connectivity index (χ0v) is 17.6. The lowest BCUT2D eigenvalue weighted by atomic mass is 9.90. The summed E-state index contributed by atoms with van der Waals surface area (Å²) in [6.45, 7) is 7.21. The minimum atomic E-state index is -0.685. The minimum absolute atomic E-state index is 0.0749. The van der Waals surface area contributed by atoms with Gasteiger partial charge in [-0.1, -0.05) is 30.3 Å². The molecule has 0 saturated heterocycles. The maximum atomic E-state index is 10.5. The normalized spacial score (nSPS) is 18.9. The molecule has 2 aromatic carbocycles. The van der Waals surface area contributed by atoms with Crippen LogP contribution in [0.5, 0.6) is 11.5 Å². The topological polar surface area (TPSA) is 75.1 Å². The third kappa shape index (κ3) is 5.41. The molecule has 0 aromatic heterocycles. The average molecular weight is 398 g/mol. The molecule has 1 aliphatic rings. The Kier molecular flexibility index (Phi) is 6.64. The number of para-hydroxylation sites is 1. The number of hydrogen-bond acceptors (Lipinski definition) is 4. The van der Waals surface area contributed by atoms with Crippen molar-refractivity contribution in [1.82, 2.24) is 10.6 Å². The first-order valence-electron chi connectivity index (χ1n) is 10.1. The number of benzene rings is 2. The number of fused-ring (bicyclic) bond motifs is 1. The molecule has 6 heteroatoms. The highest BCUT2D eigenvalue weighted by Gasteiger charge is 2.34. The van der Waals surface area contributed by atoms with Crippen molar-refractivity contribution in [3.05, 3.63) is 59.7 Å². The summed E-state index contributed by atoms with van der Waals surface area (Å²) in [5.74, 6) is 2.34. The number of guanidine groups is 1. The first-order chi connectivity index (χ1) is 13.9. The van der Waals surface area contributed by atoms with Crippen molar-refractivity contribution in [2.75, 3.05) is 20.2 Å². The second-order valence-electron chi connectivity index (χ2n) is 7.81. The zero-order chi connectivity index (χ0) is 20.9. The van der Waals surface area contributed by atoms with Gasteiger partial charge in [0, 0.05) is 18.5 Å². The molecule has 0 radical (unpaired) electrons. The molecule has 0 spiro atoms. The average Bonchev–Trinajstić information content (AvgIpc) is 2.71. The van der Waals surface area contributed by atoms with Crippen molar-refractivity contribution >= 4 is 5.96 Å². The van der Waals surface area contributed by atoms with Gasteiger partial charge in [0.15, 0.2) is 5.96 Å². The minimum Gasteiger partial charge on any atom is -0.497 e. The number of rotatable bonds is 6. The lowest BCUT2D eigenvalue weighted by Crippen LogP contribution is -2.45. The summed E-state index contributed by atoms with van der Waals surface area (Å²) in [4.78, 5) is 4.62. The van der Waals surface area contributed by atoms with Crippen LogP contribution in [0.25, 0.3) is 0 Å². The van der Waals surface area contributed by atoms with E-state index in [0.717, 1.165) is 35.6 Å². The first kappa shape index (κ1) is 21.0. The number of nitrogens with zero attached hydrogens (tertiary/aromatic N) is 1. The summed E-state index contributed by atoms with van der Waals surface area (Å²) in [6, 6.07) is 15.6. The molecule has 0 saturated carbocycles. The molecule has 3 N–H and O–H groups in total. The van der Waals surface area contributed by atoms with Gasteiger partial charge < -0.3 is 25.2 Å². The van der Waals surface area contributed by atoms with Crippen LogP contribution in [0.4, 0.5) is 0 Å². The van der Waals surface area contributed by atoms with E-state index in [4.69, 9.17) is 9.47 Å². The van der Waals surface area contributed by atoms with Gasteiger partial charge in [-0.3, -0.25) is 4.99 Å². The summed E-state index contributed by atoms with van der Waals surface area (Å²) in [6.07, 6.45) is 0.130. The number of aliphatic hydroxyl groups is 1. The van der Waals surface area contributed by atoms with E-state index in [-0.39, 0.29) is 18.2 Å². The van der Waals surface area contributed by atoms with Gasteiger partial charge in [0.1, 0.15) is 17.1 Å². The Hall–Kier alpha value is -2.73. The third-order valence-corrected chi connectivity index (χ3v) is 4.95. The van der Waals surface area contributed by atoms with E-state index in [0.29, 0.717) is 5.96 Å². The van der Waals surface area contributed by atoms with Crippen LogP contribution in [-0.2, 0) is 0 Å². The lowest BCUT2D eigenvalue weighted by Gasteiger charge is -2.38. The van der Waals surface area contributed by atoms with Gasteiger partial charge in [-0.05, 0) is 44.5 Å². The molecule has 2 aromatic rings. The van der Waals surface area contributed by atoms with E-state index in [1.165, 1.54) is 0 Å². The molecule has 29 heavy (non-hydrogen) atoms. The Morgan fingerprint density at radius 1 is 1.24 bits per heavy atom. The van der Waals surface area contributed by atoms with Gasteiger partial charge in [0.05, 0.1) is 25.8 Å². The number of methoxy groups -OCH3 is 1. The molecule has 1 heterocycles. The SMILES string of the molecule is CCNC(=NCC(O)c1ccc(OC)cc1)NC1CC(C)(C)Oc2ccccc21. The first-order valence-corrected chi connectivity index (χ1v) is 10.1. The Labute approximate surface area is 173 Å².